The molecule has 0 radical (unpaired) electrons. The molecule has 1 heterocycles. The number of aryl methyl sites for hydroxylation is 1. The van der Waals surface area contributed by atoms with Gasteiger partial charge in [-0.05, 0) is 19.1 Å². The Balaban J connectivity index is 2.05. The van der Waals surface area contributed by atoms with E-state index < -0.39 is 0 Å². The third-order valence-electron chi connectivity index (χ3n) is 3.23. The van der Waals surface area contributed by atoms with Crippen LogP contribution in [0.15, 0.2) is 30.6 Å². The second-order valence-electron chi connectivity index (χ2n) is 4.83. The normalized spacial score (nSPS) is 11.6. The molecule has 0 saturated heterocycles. The molecule has 0 bridgehead atoms. The van der Waals surface area contributed by atoms with Gasteiger partial charge in [0.05, 0.1) is 32.1 Å². The van der Waals surface area contributed by atoms with Crippen molar-refractivity contribution in [2.24, 2.45) is 7.05 Å². The Labute approximate surface area is 129 Å². The summed E-state index contributed by atoms with van der Waals surface area (Å²) < 4.78 is 12.1. The first-order chi connectivity index (χ1) is 10.5. The van der Waals surface area contributed by atoms with Gasteiger partial charge in [-0.25, -0.2) is 4.79 Å². The van der Waals surface area contributed by atoms with Crippen LogP contribution in [0, 0.1) is 0 Å². The minimum Gasteiger partial charge on any atom is -0.497 e. The van der Waals surface area contributed by atoms with Crippen LogP contribution in [0.5, 0.6) is 11.5 Å². The molecule has 0 spiro atoms. The molecule has 7 heteroatoms. The number of benzene rings is 1. The summed E-state index contributed by atoms with van der Waals surface area (Å²) in [6.45, 7) is 1.89. The van der Waals surface area contributed by atoms with Crippen LogP contribution in [-0.4, -0.2) is 30.0 Å². The zero-order valence-corrected chi connectivity index (χ0v) is 13.1. The topological polar surface area (TPSA) is 77.4 Å². The first kappa shape index (κ1) is 15.7. The van der Waals surface area contributed by atoms with Crippen LogP contribution in [-0.2, 0) is 7.05 Å². The van der Waals surface area contributed by atoms with Crippen molar-refractivity contribution in [2.45, 2.75) is 13.0 Å². The number of nitrogens with one attached hydrogen (secondary N) is 2. The van der Waals surface area contributed by atoms with E-state index in [4.69, 9.17) is 9.47 Å². The standard InChI is InChI=1S/C15H20N4O3/c1-10(11-8-16-19(2)9-11)17-15(20)18-13-7-12(21-3)5-6-14(13)22-4/h5-10H,1-4H3,(H2,17,18,20). The maximum Gasteiger partial charge on any atom is 0.319 e. The molecule has 0 fully saturated rings. The lowest BCUT2D eigenvalue weighted by atomic mass is 10.2. The number of urea groups is 1. The Morgan fingerprint density at radius 1 is 1.32 bits per heavy atom. The van der Waals surface area contributed by atoms with Crippen LogP contribution in [0.1, 0.15) is 18.5 Å². The van der Waals surface area contributed by atoms with E-state index in [2.05, 4.69) is 15.7 Å². The Hall–Kier alpha value is -2.70. The first-order valence-corrected chi connectivity index (χ1v) is 6.81. The molecule has 7 nitrogen and oxygen atoms in total. The van der Waals surface area contributed by atoms with E-state index in [1.54, 1.807) is 43.3 Å². The zero-order chi connectivity index (χ0) is 16.1. The second-order valence-corrected chi connectivity index (χ2v) is 4.83. The van der Waals surface area contributed by atoms with E-state index in [0.717, 1.165) is 5.56 Å². The number of methoxy groups -OCH3 is 2. The monoisotopic (exact) mass is 304 g/mol. The number of rotatable bonds is 5. The number of hydrogen-bond acceptors (Lipinski definition) is 4. The largest absolute Gasteiger partial charge is 0.497 e. The Morgan fingerprint density at radius 3 is 2.68 bits per heavy atom. The summed E-state index contributed by atoms with van der Waals surface area (Å²) in [6.07, 6.45) is 3.58. The second kappa shape index (κ2) is 6.84. The maximum atomic E-state index is 12.1. The van der Waals surface area contributed by atoms with Crippen molar-refractivity contribution in [1.82, 2.24) is 15.1 Å². The molecule has 0 aliphatic rings. The number of aromatic nitrogens is 2. The van der Waals surface area contributed by atoms with E-state index in [-0.39, 0.29) is 12.1 Å². The van der Waals surface area contributed by atoms with E-state index in [0.29, 0.717) is 17.2 Å². The molecule has 2 aromatic rings. The molecular formula is C15H20N4O3. The van der Waals surface area contributed by atoms with Gasteiger partial charge in [0.1, 0.15) is 11.5 Å². The summed E-state index contributed by atoms with van der Waals surface area (Å²) in [4.78, 5) is 12.1. The minimum absolute atomic E-state index is 0.162. The van der Waals surface area contributed by atoms with E-state index in [1.165, 1.54) is 0 Å². The molecule has 1 aromatic carbocycles. The number of ether oxygens (including phenoxy) is 2. The highest BCUT2D eigenvalue weighted by Crippen LogP contribution is 2.28. The van der Waals surface area contributed by atoms with Crippen molar-refractivity contribution in [3.63, 3.8) is 0 Å². The number of amides is 2. The fraction of sp³-hybridized carbons (Fsp3) is 0.333. The summed E-state index contributed by atoms with van der Waals surface area (Å²) in [5.41, 5.74) is 1.47. The van der Waals surface area contributed by atoms with Crippen LogP contribution in [0.4, 0.5) is 10.5 Å². The highest BCUT2D eigenvalue weighted by Gasteiger charge is 2.13. The quantitative estimate of drug-likeness (QED) is 0.888. The van der Waals surface area contributed by atoms with Crippen molar-refractivity contribution in [3.05, 3.63) is 36.2 Å². The highest BCUT2D eigenvalue weighted by molar-refractivity contribution is 5.91. The molecule has 0 aliphatic carbocycles. The molecule has 1 unspecified atom stereocenters. The number of nitrogens with zero attached hydrogens (tertiary/aromatic N) is 2. The number of carbonyl (C=O) groups excluding carboxylic acids is 1. The molecule has 2 N–H and O–H groups in total. The number of anilines is 1. The van der Waals surface area contributed by atoms with Gasteiger partial charge < -0.3 is 20.1 Å². The van der Waals surface area contributed by atoms with Crippen molar-refractivity contribution < 1.29 is 14.3 Å². The van der Waals surface area contributed by atoms with Crippen molar-refractivity contribution >= 4 is 11.7 Å². The number of hydrogen-bond donors (Lipinski definition) is 2. The van der Waals surface area contributed by atoms with Gasteiger partial charge >= 0.3 is 6.03 Å². The Kier molecular flexibility index (Phi) is 4.88. The molecule has 1 atom stereocenters. The number of carbonyl (C=O) groups is 1. The molecule has 0 aliphatic heterocycles. The van der Waals surface area contributed by atoms with Crippen LogP contribution in [0.3, 0.4) is 0 Å². The summed E-state index contributed by atoms with van der Waals surface area (Å²) in [5.74, 6) is 1.20. The van der Waals surface area contributed by atoms with Gasteiger partial charge in [0.15, 0.2) is 0 Å². The summed E-state index contributed by atoms with van der Waals surface area (Å²) in [6, 6.07) is 4.71. The third kappa shape index (κ3) is 3.69. The predicted molar refractivity (Wildman–Crippen MR) is 83.3 cm³/mol. The van der Waals surface area contributed by atoms with Gasteiger partial charge in [-0.15, -0.1) is 0 Å². The van der Waals surface area contributed by atoms with Crippen molar-refractivity contribution in [1.29, 1.82) is 0 Å². The SMILES string of the molecule is COc1ccc(OC)c(NC(=O)NC(C)c2cnn(C)c2)c1. The summed E-state index contributed by atoms with van der Waals surface area (Å²) in [7, 11) is 4.94. The molecule has 2 rings (SSSR count). The van der Waals surface area contributed by atoms with Gasteiger partial charge in [0.25, 0.3) is 0 Å². The minimum atomic E-state index is -0.331. The van der Waals surface area contributed by atoms with Crippen LogP contribution < -0.4 is 20.1 Å². The molecule has 2 amide bonds. The van der Waals surface area contributed by atoms with Crippen molar-refractivity contribution in [3.8, 4) is 11.5 Å². The van der Waals surface area contributed by atoms with E-state index >= 15 is 0 Å². The van der Waals surface area contributed by atoms with Crippen molar-refractivity contribution in [2.75, 3.05) is 19.5 Å². The lowest BCUT2D eigenvalue weighted by molar-refractivity contribution is 0.249. The van der Waals surface area contributed by atoms with Gasteiger partial charge in [-0.1, -0.05) is 0 Å². The Morgan fingerprint density at radius 2 is 2.09 bits per heavy atom. The van der Waals surface area contributed by atoms with Crippen LogP contribution in [0.25, 0.3) is 0 Å². The van der Waals surface area contributed by atoms with E-state index in [9.17, 15) is 4.79 Å². The average Bonchev–Trinajstić information content (AvgIpc) is 2.93. The first-order valence-electron chi connectivity index (χ1n) is 6.81. The molecular weight excluding hydrogens is 284 g/mol. The molecule has 0 saturated carbocycles. The summed E-state index contributed by atoms with van der Waals surface area (Å²) in [5, 5.41) is 9.70. The third-order valence-corrected chi connectivity index (χ3v) is 3.23. The van der Waals surface area contributed by atoms with Gasteiger partial charge in [-0.2, -0.15) is 5.10 Å². The highest BCUT2D eigenvalue weighted by atomic mass is 16.5. The van der Waals surface area contributed by atoms with Crippen LogP contribution >= 0.6 is 0 Å². The Bertz CT molecular complexity index is 654. The lowest BCUT2D eigenvalue weighted by Gasteiger charge is -2.15. The smallest absolute Gasteiger partial charge is 0.319 e. The molecule has 118 valence electrons. The average molecular weight is 304 g/mol. The van der Waals surface area contributed by atoms with Gasteiger partial charge in [0.2, 0.25) is 0 Å². The molecule has 22 heavy (non-hydrogen) atoms. The van der Waals surface area contributed by atoms with Crippen LogP contribution in [0.2, 0.25) is 0 Å². The van der Waals surface area contributed by atoms with Gasteiger partial charge in [0, 0.05) is 24.9 Å². The fourth-order valence-electron chi connectivity index (χ4n) is 2.01. The fourth-order valence-corrected chi connectivity index (χ4v) is 2.01. The maximum absolute atomic E-state index is 12.1. The predicted octanol–water partition coefficient (Wildman–Crippen LogP) is 2.32. The van der Waals surface area contributed by atoms with E-state index in [1.807, 2.05) is 20.2 Å². The zero-order valence-electron chi connectivity index (χ0n) is 13.1. The summed E-state index contributed by atoms with van der Waals surface area (Å²) >= 11 is 0. The van der Waals surface area contributed by atoms with Gasteiger partial charge in [-0.3, -0.25) is 4.68 Å². The lowest BCUT2D eigenvalue weighted by Crippen LogP contribution is -2.31. The molecule has 1 aromatic heterocycles.